The van der Waals surface area contributed by atoms with Gasteiger partial charge in [-0.25, -0.2) is 9.97 Å². The molecule has 0 aliphatic carbocycles. The van der Waals surface area contributed by atoms with Crippen molar-refractivity contribution in [3.63, 3.8) is 0 Å². The predicted molar refractivity (Wildman–Crippen MR) is 95.6 cm³/mol. The van der Waals surface area contributed by atoms with Gasteiger partial charge in [0.25, 0.3) is 5.91 Å². The van der Waals surface area contributed by atoms with Crippen molar-refractivity contribution in [3.05, 3.63) is 58.5 Å². The van der Waals surface area contributed by atoms with E-state index in [2.05, 4.69) is 15.3 Å². The van der Waals surface area contributed by atoms with E-state index in [0.29, 0.717) is 24.1 Å². The molecule has 3 heterocycles. The van der Waals surface area contributed by atoms with Crippen LogP contribution in [0.5, 0.6) is 0 Å². The molecule has 0 saturated heterocycles. The number of aromatic nitrogens is 4. The van der Waals surface area contributed by atoms with Gasteiger partial charge in [-0.15, -0.1) is 0 Å². The van der Waals surface area contributed by atoms with Gasteiger partial charge in [-0.05, 0) is 32.4 Å². The molecule has 7 heteroatoms. The van der Waals surface area contributed by atoms with Gasteiger partial charge in [0, 0.05) is 43.9 Å². The van der Waals surface area contributed by atoms with Gasteiger partial charge >= 0.3 is 0 Å². The Morgan fingerprint density at radius 1 is 1.32 bits per heavy atom. The maximum atomic E-state index is 12.6. The molecule has 0 unspecified atom stereocenters. The van der Waals surface area contributed by atoms with Crippen LogP contribution in [0.4, 0.5) is 0 Å². The van der Waals surface area contributed by atoms with Crippen molar-refractivity contribution < 1.29 is 4.79 Å². The first-order chi connectivity index (χ1) is 12.1. The number of imidazole rings is 1. The summed E-state index contributed by atoms with van der Waals surface area (Å²) in [6, 6.07) is 3.53. The summed E-state index contributed by atoms with van der Waals surface area (Å²) >= 11 is 0. The highest BCUT2D eigenvalue weighted by atomic mass is 16.2. The van der Waals surface area contributed by atoms with Crippen LogP contribution < -0.4 is 10.7 Å². The Bertz CT molecular complexity index is 944. The number of rotatable bonds is 6. The van der Waals surface area contributed by atoms with Crippen LogP contribution in [0.3, 0.4) is 0 Å². The van der Waals surface area contributed by atoms with Crippen LogP contribution in [0.1, 0.15) is 29.4 Å². The fraction of sp³-hybridized carbons (Fsp3) is 0.333. The molecule has 0 aromatic carbocycles. The van der Waals surface area contributed by atoms with Crippen molar-refractivity contribution in [1.82, 2.24) is 24.4 Å². The number of carbonyl (C=O) groups is 1. The Morgan fingerprint density at radius 2 is 2.16 bits per heavy atom. The molecular weight excluding hydrogens is 318 g/mol. The first-order valence-corrected chi connectivity index (χ1v) is 8.35. The Hall–Kier alpha value is -2.96. The molecule has 0 saturated carbocycles. The first-order valence-electron chi connectivity index (χ1n) is 8.35. The minimum atomic E-state index is -0.347. The van der Waals surface area contributed by atoms with Gasteiger partial charge in [0.15, 0.2) is 0 Å². The quantitative estimate of drug-likeness (QED) is 0.694. The normalized spacial score (nSPS) is 11.0. The van der Waals surface area contributed by atoms with Crippen molar-refractivity contribution in [3.8, 4) is 0 Å². The highest BCUT2D eigenvalue weighted by molar-refractivity contribution is 5.96. The molecule has 1 amide bonds. The lowest BCUT2D eigenvalue weighted by Gasteiger charge is -2.11. The number of carbonyl (C=O) groups excluding carboxylic acids is 1. The maximum absolute atomic E-state index is 12.6. The van der Waals surface area contributed by atoms with E-state index in [4.69, 9.17) is 0 Å². The number of hydrogen-bond acceptors (Lipinski definition) is 4. The molecule has 0 atom stereocenters. The van der Waals surface area contributed by atoms with E-state index in [1.165, 1.54) is 0 Å². The second kappa shape index (κ2) is 7.29. The Kier molecular flexibility index (Phi) is 4.92. The van der Waals surface area contributed by atoms with Crippen molar-refractivity contribution >= 4 is 16.9 Å². The van der Waals surface area contributed by atoms with Crippen LogP contribution >= 0.6 is 0 Å². The number of pyridine rings is 2. The van der Waals surface area contributed by atoms with Crippen LogP contribution in [0.15, 0.2) is 41.8 Å². The molecule has 1 N–H and O–H groups in total. The molecule has 130 valence electrons. The zero-order chi connectivity index (χ0) is 17.8. The monoisotopic (exact) mass is 339 g/mol. The third-order valence-corrected chi connectivity index (χ3v) is 4.08. The van der Waals surface area contributed by atoms with Crippen molar-refractivity contribution in [2.24, 2.45) is 0 Å². The van der Waals surface area contributed by atoms with Crippen molar-refractivity contribution in [1.29, 1.82) is 0 Å². The second-order valence-corrected chi connectivity index (χ2v) is 5.89. The molecule has 0 radical (unpaired) electrons. The van der Waals surface area contributed by atoms with Crippen LogP contribution in [0.25, 0.3) is 11.0 Å². The summed E-state index contributed by atoms with van der Waals surface area (Å²) in [5.74, 6) is -0.347. The van der Waals surface area contributed by atoms with E-state index in [-0.39, 0.29) is 16.9 Å². The lowest BCUT2D eigenvalue weighted by Crippen LogP contribution is -2.31. The lowest BCUT2D eigenvalue weighted by molar-refractivity contribution is 0.0951. The molecule has 0 bridgehead atoms. The third kappa shape index (κ3) is 3.60. The topological polar surface area (TPSA) is 81.8 Å². The average molecular weight is 339 g/mol. The van der Waals surface area contributed by atoms with Crippen LogP contribution in [-0.4, -0.2) is 31.6 Å². The van der Waals surface area contributed by atoms with Crippen molar-refractivity contribution in [2.75, 3.05) is 6.54 Å². The summed E-state index contributed by atoms with van der Waals surface area (Å²) in [4.78, 5) is 33.5. The summed E-state index contributed by atoms with van der Waals surface area (Å²) in [6.07, 6.45) is 7.69. The first kappa shape index (κ1) is 16.9. The van der Waals surface area contributed by atoms with E-state index in [0.717, 1.165) is 18.7 Å². The third-order valence-electron chi connectivity index (χ3n) is 4.08. The molecule has 0 fully saturated rings. The summed E-state index contributed by atoms with van der Waals surface area (Å²) in [5.41, 5.74) is 1.33. The standard InChI is InChI=1S/C18H21N5O2/c1-3-23-11-15(16(24)14-6-5-13(2)21-17(14)23)18(25)20-7-4-9-22-10-8-19-12-22/h5-6,8,10-12H,3-4,7,9H2,1-2H3,(H,20,25). The Labute approximate surface area is 145 Å². The van der Waals surface area contributed by atoms with Gasteiger partial charge in [0.05, 0.1) is 11.7 Å². The van der Waals surface area contributed by atoms with E-state index >= 15 is 0 Å². The molecule has 3 rings (SSSR count). The molecule has 0 spiro atoms. The molecule has 25 heavy (non-hydrogen) atoms. The Balaban J connectivity index is 1.78. The van der Waals surface area contributed by atoms with Gasteiger partial charge < -0.3 is 14.5 Å². The van der Waals surface area contributed by atoms with Gasteiger partial charge in [-0.2, -0.15) is 0 Å². The summed E-state index contributed by atoms with van der Waals surface area (Å²) in [6.45, 7) is 5.73. The number of hydrogen-bond donors (Lipinski definition) is 1. The van der Waals surface area contributed by atoms with Crippen molar-refractivity contribution in [2.45, 2.75) is 33.4 Å². The van der Waals surface area contributed by atoms with Gasteiger partial charge in [0.2, 0.25) is 5.43 Å². The van der Waals surface area contributed by atoms with Gasteiger partial charge in [-0.3, -0.25) is 9.59 Å². The molecule has 0 aliphatic rings. The lowest BCUT2D eigenvalue weighted by atomic mass is 10.1. The van der Waals surface area contributed by atoms with Crippen LogP contribution in [-0.2, 0) is 13.1 Å². The zero-order valence-electron chi connectivity index (χ0n) is 14.4. The molecule has 3 aromatic heterocycles. The van der Waals surface area contributed by atoms with Crippen LogP contribution in [0, 0.1) is 6.92 Å². The highest BCUT2D eigenvalue weighted by Crippen LogP contribution is 2.11. The Morgan fingerprint density at radius 3 is 2.88 bits per heavy atom. The second-order valence-electron chi connectivity index (χ2n) is 5.89. The zero-order valence-corrected chi connectivity index (χ0v) is 14.4. The van der Waals surface area contributed by atoms with Crippen LogP contribution in [0.2, 0.25) is 0 Å². The number of nitrogens with one attached hydrogen (secondary N) is 1. The summed E-state index contributed by atoms with van der Waals surface area (Å²) in [7, 11) is 0. The van der Waals surface area contributed by atoms with E-state index in [1.807, 2.05) is 29.2 Å². The highest BCUT2D eigenvalue weighted by Gasteiger charge is 2.15. The average Bonchev–Trinajstić information content (AvgIpc) is 3.12. The number of aryl methyl sites for hydroxylation is 3. The number of nitrogens with zero attached hydrogens (tertiary/aromatic N) is 4. The molecule has 0 aliphatic heterocycles. The number of amides is 1. The molecular formula is C18H21N5O2. The molecule has 3 aromatic rings. The van der Waals surface area contributed by atoms with Gasteiger partial charge in [-0.1, -0.05) is 0 Å². The fourth-order valence-electron chi connectivity index (χ4n) is 2.74. The summed E-state index contributed by atoms with van der Waals surface area (Å²) in [5, 5.41) is 3.29. The van der Waals surface area contributed by atoms with Gasteiger partial charge in [0.1, 0.15) is 11.2 Å². The maximum Gasteiger partial charge on any atom is 0.256 e. The van der Waals surface area contributed by atoms with E-state index in [1.54, 1.807) is 30.9 Å². The summed E-state index contributed by atoms with van der Waals surface area (Å²) < 4.78 is 3.78. The smallest absolute Gasteiger partial charge is 0.256 e. The largest absolute Gasteiger partial charge is 0.352 e. The SMILES string of the molecule is CCn1cc(C(=O)NCCCn2ccnc2)c(=O)c2ccc(C)nc21. The predicted octanol–water partition coefficient (Wildman–Crippen LogP) is 1.74. The minimum Gasteiger partial charge on any atom is -0.352 e. The minimum absolute atomic E-state index is 0.155. The number of fused-ring (bicyclic) bond motifs is 1. The van der Waals surface area contributed by atoms with E-state index in [9.17, 15) is 9.59 Å². The van der Waals surface area contributed by atoms with E-state index < -0.39 is 0 Å². The molecule has 7 nitrogen and oxygen atoms in total. The fourth-order valence-corrected chi connectivity index (χ4v) is 2.74.